The summed E-state index contributed by atoms with van der Waals surface area (Å²) in [5.41, 5.74) is 5.83. The highest BCUT2D eigenvalue weighted by Gasteiger charge is 2.16. The summed E-state index contributed by atoms with van der Waals surface area (Å²) < 4.78 is 11.0. The molecule has 2 amide bonds. The number of nitro groups is 1. The quantitative estimate of drug-likeness (QED) is 0.334. The van der Waals surface area contributed by atoms with Crippen molar-refractivity contribution in [3.63, 3.8) is 0 Å². The van der Waals surface area contributed by atoms with E-state index in [1.807, 2.05) is 22.6 Å². The van der Waals surface area contributed by atoms with Gasteiger partial charge in [0, 0.05) is 22.2 Å². The number of carbonyl (C=O) groups is 2. The van der Waals surface area contributed by atoms with Crippen LogP contribution in [0.1, 0.15) is 15.9 Å². The first-order valence-electron chi connectivity index (χ1n) is 7.62. The maximum absolute atomic E-state index is 12.4. The summed E-state index contributed by atoms with van der Waals surface area (Å²) in [6.45, 7) is -0.109. The summed E-state index contributed by atoms with van der Waals surface area (Å²) in [6, 6.07) is 9.03. The predicted octanol–water partition coefficient (Wildman–Crippen LogP) is 2.00. The molecule has 0 radical (unpaired) electrons. The smallest absolute Gasteiger partial charge is 0.270 e. The average Bonchev–Trinajstić information content (AvgIpc) is 2.64. The van der Waals surface area contributed by atoms with E-state index in [-0.39, 0.29) is 24.4 Å². The van der Waals surface area contributed by atoms with Crippen LogP contribution in [-0.4, -0.2) is 30.5 Å². The van der Waals surface area contributed by atoms with Crippen molar-refractivity contribution in [2.24, 2.45) is 5.73 Å². The maximum Gasteiger partial charge on any atom is 0.270 e. The summed E-state index contributed by atoms with van der Waals surface area (Å²) in [5, 5.41) is 13.6. The third-order valence-corrected chi connectivity index (χ3v) is 4.40. The molecule has 3 N–H and O–H groups in total. The molecule has 0 fully saturated rings. The highest BCUT2D eigenvalue weighted by Crippen LogP contribution is 2.28. The van der Waals surface area contributed by atoms with E-state index in [1.165, 1.54) is 25.3 Å². The van der Waals surface area contributed by atoms with E-state index in [0.29, 0.717) is 20.6 Å². The van der Waals surface area contributed by atoms with Crippen LogP contribution in [0, 0.1) is 13.7 Å². The van der Waals surface area contributed by atoms with Gasteiger partial charge in [0.25, 0.3) is 17.5 Å². The van der Waals surface area contributed by atoms with E-state index < -0.39 is 16.7 Å². The second-order valence-corrected chi connectivity index (χ2v) is 6.51. The number of methoxy groups -OCH3 is 1. The van der Waals surface area contributed by atoms with Gasteiger partial charge in [-0.2, -0.15) is 0 Å². The lowest BCUT2D eigenvalue weighted by atomic mass is 10.1. The number of benzene rings is 2. The van der Waals surface area contributed by atoms with Gasteiger partial charge in [-0.15, -0.1) is 0 Å². The van der Waals surface area contributed by atoms with E-state index in [4.69, 9.17) is 15.2 Å². The second kappa shape index (κ2) is 9.16. The molecule has 0 spiro atoms. The molecule has 9 nitrogen and oxygen atoms in total. The number of carbonyl (C=O) groups excluding carboxylic acids is 2. The number of non-ortho nitro benzene ring substituents is 1. The molecule has 2 aromatic rings. The Kier molecular flexibility index (Phi) is 6.93. The number of hydrogen-bond donors (Lipinski definition) is 2. The average molecular weight is 485 g/mol. The molecule has 0 bridgehead atoms. The van der Waals surface area contributed by atoms with Gasteiger partial charge < -0.3 is 20.5 Å². The van der Waals surface area contributed by atoms with Crippen molar-refractivity contribution in [2.45, 2.75) is 6.54 Å². The van der Waals surface area contributed by atoms with Gasteiger partial charge in [-0.3, -0.25) is 19.7 Å². The molecule has 0 heterocycles. The Morgan fingerprint density at radius 1 is 1.22 bits per heavy atom. The van der Waals surface area contributed by atoms with Gasteiger partial charge in [-0.1, -0.05) is 6.07 Å². The van der Waals surface area contributed by atoms with Gasteiger partial charge in [0.05, 0.1) is 17.6 Å². The van der Waals surface area contributed by atoms with E-state index >= 15 is 0 Å². The highest BCUT2D eigenvalue weighted by molar-refractivity contribution is 14.1. The summed E-state index contributed by atoms with van der Waals surface area (Å²) in [7, 11) is 1.44. The molecule has 0 unspecified atom stereocenters. The molecule has 0 aliphatic heterocycles. The van der Waals surface area contributed by atoms with Crippen molar-refractivity contribution in [2.75, 3.05) is 13.7 Å². The van der Waals surface area contributed by atoms with Gasteiger partial charge in [0.15, 0.2) is 18.1 Å². The molecule has 0 aromatic heterocycles. The number of nitrogens with two attached hydrogens (primary N) is 1. The molecule has 0 aliphatic carbocycles. The third-order valence-electron chi connectivity index (χ3n) is 3.46. The topological polar surface area (TPSA) is 134 Å². The standard InChI is InChI=1S/C17H16IN3O6/c1-26-15-6-10(2-5-14(15)27-9-16(19)22)8-20-17(23)12-7-11(21(24)25)3-4-13(12)18/h2-7H,8-9H2,1H3,(H2,19,22)(H,20,23). The SMILES string of the molecule is COc1cc(CNC(=O)c2cc([N+](=O)[O-])ccc2I)ccc1OCC(N)=O. The Balaban J connectivity index is 2.10. The summed E-state index contributed by atoms with van der Waals surface area (Å²) in [5.74, 6) is -0.316. The zero-order valence-electron chi connectivity index (χ0n) is 14.2. The van der Waals surface area contributed by atoms with E-state index in [2.05, 4.69) is 5.32 Å². The van der Waals surface area contributed by atoms with Crippen LogP contribution in [0.2, 0.25) is 0 Å². The Morgan fingerprint density at radius 2 is 1.96 bits per heavy atom. The number of hydrogen-bond acceptors (Lipinski definition) is 6. The number of rotatable bonds is 8. The Hall–Kier alpha value is -2.89. The summed E-state index contributed by atoms with van der Waals surface area (Å²) in [6.07, 6.45) is 0. The number of nitrogens with zero attached hydrogens (tertiary/aromatic N) is 1. The van der Waals surface area contributed by atoms with Crippen LogP contribution in [-0.2, 0) is 11.3 Å². The van der Waals surface area contributed by atoms with Crippen LogP contribution in [0.5, 0.6) is 11.5 Å². The first-order valence-corrected chi connectivity index (χ1v) is 8.70. The van der Waals surface area contributed by atoms with Gasteiger partial charge in [-0.25, -0.2) is 0 Å². The molecule has 142 valence electrons. The molecule has 2 aromatic carbocycles. The van der Waals surface area contributed by atoms with Crippen LogP contribution >= 0.6 is 22.6 Å². The lowest BCUT2D eigenvalue weighted by Gasteiger charge is -2.12. The molecule has 2 rings (SSSR count). The van der Waals surface area contributed by atoms with Crippen molar-refractivity contribution < 1.29 is 24.0 Å². The molecule has 0 saturated heterocycles. The van der Waals surface area contributed by atoms with E-state index in [9.17, 15) is 19.7 Å². The number of nitrogens with one attached hydrogen (secondary N) is 1. The first-order chi connectivity index (χ1) is 12.8. The van der Waals surface area contributed by atoms with Crippen molar-refractivity contribution in [3.05, 3.63) is 61.2 Å². The fourth-order valence-corrected chi connectivity index (χ4v) is 2.75. The zero-order valence-corrected chi connectivity index (χ0v) is 16.4. The minimum Gasteiger partial charge on any atom is -0.493 e. The normalized spacial score (nSPS) is 10.1. The van der Waals surface area contributed by atoms with Gasteiger partial charge in [-0.05, 0) is 46.4 Å². The second-order valence-electron chi connectivity index (χ2n) is 5.34. The lowest BCUT2D eigenvalue weighted by Crippen LogP contribution is -2.24. The highest BCUT2D eigenvalue weighted by atomic mass is 127. The van der Waals surface area contributed by atoms with Crippen LogP contribution in [0.4, 0.5) is 5.69 Å². The Morgan fingerprint density at radius 3 is 2.59 bits per heavy atom. The molecule has 27 heavy (non-hydrogen) atoms. The van der Waals surface area contributed by atoms with Crippen LogP contribution in [0.15, 0.2) is 36.4 Å². The summed E-state index contributed by atoms with van der Waals surface area (Å²) in [4.78, 5) is 33.5. The van der Waals surface area contributed by atoms with Crippen molar-refractivity contribution in [1.29, 1.82) is 0 Å². The predicted molar refractivity (Wildman–Crippen MR) is 105 cm³/mol. The molecule has 0 aliphatic rings. The van der Waals surface area contributed by atoms with E-state index in [1.54, 1.807) is 18.2 Å². The first kappa shape index (κ1) is 20.4. The van der Waals surface area contributed by atoms with Gasteiger partial charge in [0.2, 0.25) is 0 Å². The number of nitro benzene ring substituents is 1. The van der Waals surface area contributed by atoms with Crippen LogP contribution in [0.25, 0.3) is 0 Å². The van der Waals surface area contributed by atoms with Crippen LogP contribution < -0.4 is 20.5 Å². The van der Waals surface area contributed by atoms with Crippen LogP contribution in [0.3, 0.4) is 0 Å². The fourth-order valence-electron chi connectivity index (χ4n) is 2.17. The Labute approximate surface area is 168 Å². The van der Waals surface area contributed by atoms with Gasteiger partial charge >= 0.3 is 0 Å². The minimum absolute atomic E-state index is 0.154. The number of primary amides is 1. The van der Waals surface area contributed by atoms with Crippen molar-refractivity contribution in [3.8, 4) is 11.5 Å². The molecule has 0 atom stereocenters. The molecule has 10 heteroatoms. The monoisotopic (exact) mass is 485 g/mol. The Bertz CT molecular complexity index is 887. The fraction of sp³-hybridized carbons (Fsp3) is 0.176. The number of halogens is 1. The molecular weight excluding hydrogens is 469 g/mol. The van der Waals surface area contributed by atoms with E-state index in [0.717, 1.165) is 0 Å². The van der Waals surface area contributed by atoms with Gasteiger partial charge in [0.1, 0.15) is 0 Å². The largest absolute Gasteiger partial charge is 0.493 e. The number of amides is 2. The third kappa shape index (κ3) is 5.54. The van der Waals surface area contributed by atoms with Crippen molar-refractivity contribution >= 4 is 40.1 Å². The molecular formula is C17H16IN3O6. The molecule has 0 saturated carbocycles. The summed E-state index contributed by atoms with van der Waals surface area (Å²) >= 11 is 1.94. The minimum atomic E-state index is -0.611. The maximum atomic E-state index is 12.4. The lowest BCUT2D eigenvalue weighted by molar-refractivity contribution is -0.384. The zero-order chi connectivity index (χ0) is 20.0. The number of ether oxygens (including phenoxy) is 2. The van der Waals surface area contributed by atoms with Crippen molar-refractivity contribution in [1.82, 2.24) is 5.32 Å².